The molecule has 2 heteroatoms. The first-order valence-electron chi connectivity index (χ1n) is 10.4. The molecule has 0 nitrogen and oxygen atoms in total. The van der Waals surface area contributed by atoms with Gasteiger partial charge in [-0.05, 0) is 54.3 Å². The third-order valence-electron chi connectivity index (χ3n) is 5.86. The van der Waals surface area contributed by atoms with Gasteiger partial charge in [-0.25, -0.2) is 0 Å². The molecule has 0 saturated heterocycles. The minimum absolute atomic E-state index is 0. The summed E-state index contributed by atoms with van der Waals surface area (Å²) < 4.78 is 0. The average molecular weight is 522 g/mol. The molecular weight excluding hydrogens is 494 g/mol. The molecule has 0 spiro atoms. The van der Waals surface area contributed by atoms with E-state index in [1.807, 2.05) is 0 Å². The summed E-state index contributed by atoms with van der Waals surface area (Å²) in [6.45, 7) is 2.37. The number of benzene rings is 4. The molecule has 0 bridgehead atoms. The molecule has 1 unspecified atom stereocenters. The van der Waals surface area contributed by atoms with Crippen molar-refractivity contribution in [3.8, 4) is 0 Å². The molecule has 30 heavy (non-hydrogen) atoms. The van der Waals surface area contributed by atoms with Crippen LogP contribution in [0, 0.1) is 0 Å². The molecule has 0 aliphatic rings. The first kappa shape index (κ1) is 22.7. The van der Waals surface area contributed by atoms with Gasteiger partial charge in [0.15, 0.2) is 0 Å². The topological polar surface area (TPSA) is 0 Å². The standard InChI is InChI=1S/C28H28P.HI/c1-24(25-14-6-2-7-15-25)22-23-29(26-16-8-3-9-17-26,27-18-10-4-11-19-27)28-20-12-5-13-21-28;/h2-21,24H,22-23H2,1H3;1H/q+1;/p-1. The maximum absolute atomic E-state index is 2.37. The SMILES string of the molecule is CC(CC[P+](c1ccccc1)(c1ccccc1)c1ccccc1)c1ccccc1.[I-]. The largest absolute Gasteiger partial charge is 1.00 e. The van der Waals surface area contributed by atoms with Crippen molar-refractivity contribution in [2.24, 2.45) is 0 Å². The second kappa shape index (κ2) is 10.9. The maximum atomic E-state index is 2.37. The predicted octanol–water partition coefficient (Wildman–Crippen LogP) is 3.18. The van der Waals surface area contributed by atoms with Crippen molar-refractivity contribution < 1.29 is 24.0 Å². The summed E-state index contributed by atoms with van der Waals surface area (Å²) in [6, 6.07) is 44.5. The normalized spacial score (nSPS) is 12.0. The fraction of sp³-hybridized carbons (Fsp3) is 0.143. The second-order valence-electron chi connectivity index (χ2n) is 7.64. The number of hydrogen-bond donors (Lipinski definition) is 0. The van der Waals surface area contributed by atoms with Crippen LogP contribution in [-0.4, -0.2) is 6.16 Å². The van der Waals surface area contributed by atoms with Crippen LogP contribution in [0.5, 0.6) is 0 Å². The lowest BCUT2D eigenvalue weighted by molar-refractivity contribution is -0.00000569. The zero-order chi connectivity index (χ0) is 19.9. The van der Waals surface area contributed by atoms with Crippen molar-refractivity contribution in [3.05, 3.63) is 127 Å². The van der Waals surface area contributed by atoms with E-state index < -0.39 is 7.26 Å². The molecule has 1 atom stereocenters. The Bertz CT molecular complexity index is 905. The molecule has 0 aliphatic carbocycles. The van der Waals surface area contributed by atoms with Crippen molar-refractivity contribution in [1.29, 1.82) is 0 Å². The van der Waals surface area contributed by atoms with Crippen LogP contribution in [0.2, 0.25) is 0 Å². The van der Waals surface area contributed by atoms with Crippen LogP contribution in [0.4, 0.5) is 0 Å². The molecule has 4 aromatic carbocycles. The number of rotatable bonds is 7. The van der Waals surface area contributed by atoms with E-state index in [0.29, 0.717) is 5.92 Å². The summed E-state index contributed by atoms with van der Waals surface area (Å²) in [6.07, 6.45) is 2.33. The van der Waals surface area contributed by atoms with E-state index in [2.05, 4.69) is 128 Å². The Balaban J connectivity index is 0.00000256. The molecule has 0 saturated carbocycles. The summed E-state index contributed by atoms with van der Waals surface area (Å²) in [5.74, 6) is 0.534. The average Bonchev–Trinajstić information content (AvgIpc) is 2.82. The minimum Gasteiger partial charge on any atom is -1.00 e. The van der Waals surface area contributed by atoms with Crippen molar-refractivity contribution in [2.75, 3.05) is 6.16 Å². The Morgan fingerprint density at radius 1 is 0.533 bits per heavy atom. The zero-order valence-corrected chi connectivity index (χ0v) is 20.4. The van der Waals surface area contributed by atoms with Gasteiger partial charge in [0, 0.05) is 0 Å². The van der Waals surface area contributed by atoms with E-state index in [4.69, 9.17) is 0 Å². The lowest BCUT2D eigenvalue weighted by Crippen LogP contribution is -3.00. The van der Waals surface area contributed by atoms with E-state index in [0.717, 1.165) is 6.42 Å². The van der Waals surface area contributed by atoms with Gasteiger partial charge >= 0.3 is 0 Å². The zero-order valence-electron chi connectivity index (χ0n) is 17.4. The van der Waals surface area contributed by atoms with Crippen LogP contribution in [0.25, 0.3) is 0 Å². The summed E-state index contributed by atoms with van der Waals surface area (Å²) in [7, 11) is -1.73. The highest BCUT2D eigenvalue weighted by Crippen LogP contribution is 2.56. The molecule has 152 valence electrons. The Morgan fingerprint density at radius 3 is 1.23 bits per heavy atom. The van der Waals surface area contributed by atoms with Gasteiger partial charge in [-0.3, -0.25) is 0 Å². The van der Waals surface area contributed by atoms with Crippen LogP contribution in [0.3, 0.4) is 0 Å². The molecule has 0 heterocycles. The highest BCUT2D eigenvalue weighted by Gasteiger charge is 2.44. The van der Waals surface area contributed by atoms with Crippen LogP contribution in [0.1, 0.15) is 24.8 Å². The molecule has 0 aliphatic heterocycles. The molecule has 0 amide bonds. The molecule has 0 N–H and O–H groups in total. The summed E-state index contributed by atoms with van der Waals surface area (Å²) in [5, 5.41) is 4.41. The highest BCUT2D eigenvalue weighted by molar-refractivity contribution is 7.95. The van der Waals surface area contributed by atoms with E-state index in [1.54, 1.807) is 0 Å². The van der Waals surface area contributed by atoms with E-state index in [9.17, 15) is 0 Å². The lowest BCUT2D eigenvalue weighted by atomic mass is 9.99. The van der Waals surface area contributed by atoms with E-state index in [1.165, 1.54) is 27.6 Å². The first-order chi connectivity index (χ1) is 14.3. The van der Waals surface area contributed by atoms with Gasteiger partial charge in [-0.2, -0.15) is 0 Å². The molecule has 0 fully saturated rings. The van der Waals surface area contributed by atoms with Gasteiger partial charge in [0.1, 0.15) is 23.2 Å². The van der Waals surface area contributed by atoms with E-state index in [-0.39, 0.29) is 24.0 Å². The van der Waals surface area contributed by atoms with Gasteiger partial charge in [-0.15, -0.1) is 0 Å². The van der Waals surface area contributed by atoms with Crippen LogP contribution < -0.4 is 39.9 Å². The minimum atomic E-state index is -1.73. The van der Waals surface area contributed by atoms with E-state index >= 15 is 0 Å². The maximum Gasteiger partial charge on any atom is 0.112 e. The predicted molar refractivity (Wildman–Crippen MR) is 129 cm³/mol. The van der Waals surface area contributed by atoms with Crippen molar-refractivity contribution in [3.63, 3.8) is 0 Å². The lowest BCUT2D eigenvalue weighted by Gasteiger charge is -2.28. The highest BCUT2D eigenvalue weighted by atomic mass is 127. The summed E-state index contributed by atoms with van der Waals surface area (Å²) in [5.41, 5.74) is 1.43. The van der Waals surface area contributed by atoms with Gasteiger partial charge in [0.2, 0.25) is 0 Å². The molecule has 4 rings (SSSR count). The molecule has 4 aromatic rings. The van der Waals surface area contributed by atoms with Crippen molar-refractivity contribution in [1.82, 2.24) is 0 Å². The van der Waals surface area contributed by atoms with Crippen LogP contribution in [0.15, 0.2) is 121 Å². The molecular formula is C28H28IP. The smallest absolute Gasteiger partial charge is 0.112 e. The Kier molecular flexibility index (Phi) is 8.24. The molecule has 0 radical (unpaired) electrons. The summed E-state index contributed by atoms with van der Waals surface area (Å²) >= 11 is 0. The second-order valence-corrected chi connectivity index (χ2v) is 11.3. The Morgan fingerprint density at radius 2 is 0.867 bits per heavy atom. The number of hydrogen-bond acceptors (Lipinski definition) is 0. The number of halogens is 1. The van der Waals surface area contributed by atoms with Crippen LogP contribution in [-0.2, 0) is 0 Å². The fourth-order valence-electron chi connectivity index (χ4n) is 4.22. The first-order valence-corrected chi connectivity index (χ1v) is 12.4. The Hall–Kier alpha value is -1.96. The third-order valence-corrected chi connectivity index (χ3v) is 10.3. The molecule has 0 aromatic heterocycles. The third kappa shape index (κ3) is 4.85. The Labute approximate surface area is 198 Å². The monoisotopic (exact) mass is 522 g/mol. The van der Waals surface area contributed by atoms with Crippen LogP contribution >= 0.6 is 7.26 Å². The van der Waals surface area contributed by atoms with Crippen molar-refractivity contribution in [2.45, 2.75) is 19.3 Å². The summed E-state index contributed by atoms with van der Waals surface area (Å²) in [4.78, 5) is 0. The van der Waals surface area contributed by atoms with Gasteiger partial charge < -0.3 is 24.0 Å². The van der Waals surface area contributed by atoms with Gasteiger partial charge in [-0.1, -0.05) is 91.9 Å². The quantitative estimate of drug-likeness (QED) is 0.259. The van der Waals surface area contributed by atoms with Gasteiger partial charge in [0.25, 0.3) is 0 Å². The van der Waals surface area contributed by atoms with Crippen molar-refractivity contribution >= 4 is 23.2 Å². The van der Waals surface area contributed by atoms with Gasteiger partial charge in [0.05, 0.1) is 6.16 Å². The fourth-order valence-corrected chi connectivity index (χ4v) is 8.70.